The van der Waals surface area contributed by atoms with Gasteiger partial charge in [0.25, 0.3) is 0 Å². The molecular formula is C11H12F3N3O. The van der Waals surface area contributed by atoms with Gasteiger partial charge in [0.05, 0.1) is 11.7 Å². The number of para-hydroxylation sites is 2. The third-order valence-corrected chi connectivity index (χ3v) is 2.24. The van der Waals surface area contributed by atoms with Gasteiger partial charge >= 0.3 is 6.36 Å². The van der Waals surface area contributed by atoms with Crippen molar-refractivity contribution in [3.63, 3.8) is 0 Å². The van der Waals surface area contributed by atoms with Crippen LogP contribution in [0.4, 0.5) is 18.9 Å². The predicted molar refractivity (Wildman–Crippen MR) is 61.4 cm³/mol. The third kappa shape index (κ3) is 3.83. The van der Waals surface area contributed by atoms with E-state index in [1.54, 1.807) is 6.07 Å². The van der Waals surface area contributed by atoms with Crippen LogP contribution in [0.3, 0.4) is 0 Å². The highest BCUT2D eigenvalue weighted by Gasteiger charge is 2.32. The summed E-state index contributed by atoms with van der Waals surface area (Å²) in [4.78, 5) is 4.07. The van der Waals surface area contributed by atoms with Crippen LogP contribution in [0.5, 0.6) is 5.75 Å². The Balaban J connectivity index is 2.11. The predicted octanol–water partition coefficient (Wildman–Crippen LogP) is 2.47. The highest BCUT2D eigenvalue weighted by Crippen LogP contribution is 2.30. The molecule has 0 bridgehead atoms. The van der Waals surface area contributed by atoms with Gasteiger partial charge in [0.15, 0.2) is 11.7 Å². The molecule has 7 heteroatoms. The molecule has 0 aliphatic heterocycles. The quantitative estimate of drug-likeness (QED) is 0.647. The highest BCUT2D eigenvalue weighted by molar-refractivity contribution is 5.93. The van der Waals surface area contributed by atoms with E-state index in [0.717, 1.165) is 12.8 Å². The van der Waals surface area contributed by atoms with Gasteiger partial charge in [-0.25, -0.2) is 4.99 Å². The molecule has 4 nitrogen and oxygen atoms in total. The molecule has 1 aromatic rings. The maximum absolute atomic E-state index is 12.2. The van der Waals surface area contributed by atoms with Crippen LogP contribution < -0.4 is 15.8 Å². The fourth-order valence-electron chi connectivity index (χ4n) is 1.35. The van der Waals surface area contributed by atoms with Crippen molar-refractivity contribution in [2.75, 3.05) is 5.32 Å². The van der Waals surface area contributed by atoms with Crippen molar-refractivity contribution in [2.24, 2.45) is 10.7 Å². The second-order valence-corrected chi connectivity index (χ2v) is 3.91. The molecule has 1 aliphatic carbocycles. The average molecular weight is 259 g/mol. The zero-order chi connectivity index (χ0) is 13.2. The molecule has 0 saturated heterocycles. The van der Waals surface area contributed by atoms with Gasteiger partial charge in [-0.1, -0.05) is 12.1 Å². The molecule has 0 spiro atoms. The molecular weight excluding hydrogens is 247 g/mol. The minimum Gasteiger partial charge on any atom is -0.404 e. The summed E-state index contributed by atoms with van der Waals surface area (Å²) in [6.45, 7) is 0. The lowest BCUT2D eigenvalue weighted by Crippen LogP contribution is -2.24. The number of rotatable bonds is 3. The van der Waals surface area contributed by atoms with Crippen LogP contribution in [0.15, 0.2) is 29.3 Å². The first kappa shape index (κ1) is 12.5. The topological polar surface area (TPSA) is 59.6 Å². The molecule has 0 heterocycles. The zero-order valence-corrected chi connectivity index (χ0v) is 9.37. The largest absolute Gasteiger partial charge is 0.573 e. The van der Waals surface area contributed by atoms with Gasteiger partial charge in [0, 0.05) is 0 Å². The standard InChI is InChI=1S/C11H12F3N3O/c12-11(13,14)18-9-4-2-1-3-8(9)17-10(15)16-7-5-6-7/h1-4,7H,5-6H2,(H3,15,16,17). The van der Waals surface area contributed by atoms with Crippen LogP contribution in [0.1, 0.15) is 12.8 Å². The molecule has 0 unspecified atom stereocenters. The SMILES string of the molecule is NC(=NC1CC1)Nc1ccccc1OC(F)(F)F. The number of ether oxygens (including phenoxy) is 1. The van der Waals surface area contributed by atoms with Crippen LogP contribution in [0, 0.1) is 0 Å². The van der Waals surface area contributed by atoms with Gasteiger partial charge in [-0.05, 0) is 25.0 Å². The van der Waals surface area contributed by atoms with E-state index in [0.29, 0.717) is 0 Å². The number of hydrogen-bond donors (Lipinski definition) is 2. The molecule has 3 N–H and O–H groups in total. The van der Waals surface area contributed by atoms with Gasteiger partial charge in [0.2, 0.25) is 0 Å². The second-order valence-electron chi connectivity index (χ2n) is 3.91. The van der Waals surface area contributed by atoms with E-state index >= 15 is 0 Å². The molecule has 98 valence electrons. The van der Waals surface area contributed by atoms with E-state index < -0.39 is 6.36 Å². The maximum atomic E-state index is 12.2. The summed E-state index contributed by atoms with van der Waals surface area (Å²) in [6.07, 6.45) is -2.81. The van der Waals surface area contributed by atoms with Crippen LogP contribution >= 0.6 is 0 Å². The van der Waals surface area contributed by atoms with Crippen LogP contribution in [0.25, 0.3) is 0 Å². The van der Waals surface area contributed by atoms with Crippen LogP contribution in [0.2, 0.25) is 0 Å². The van der Waals surface area contributed by atoms with Crippen LogP contribution in [-0.4, -0.2) is 18.4 Å². The normalized spacial score (nSPS) is 16.5. The van der Waals surface area contributed by atoms with E-state index in [4.69, 9.17) is 5.73 Å². The summed E-state index contributed by atoms with van der Waals surface area (Å²) in [6, 6.07) is 5.86. The van der Waals surface area contributed by atoms with E-state index in [9.17, 15) is 13.2 Å². The smallest absolute Gasteiger partial charge is 0.404 e. The Morgan fingerprint density at radius 1 is 1.33 bits per heavy atom. The number of halogens is 3. The molecule has 0 atom stereocenters. The first-order chi connectivity index (χ1) is 8.44. The Morgan fingerprint density at radius 3 is 2.61 bits per heavy atom. The minimum absolute atomic E-state index is 0.0933. The van der Waals surface area contributed by atoms with Crippen molar-refractivity contribution < 1.29 is 17.9 Å². The lowest BCUT2D eigenvalue weighted by Gasteiger charge is -2.13. The zero-order valence-electron chi connectivity index (χ0n) is 9.37. The first-order valence-corrected chi connectivity index (χ1v) is 5.39. The first-order valence-electron chi connectivity index (χ1n) is 5.39. The minimum atomic E-state index is -4.74. The fraction of sp³-hybridized carbons (Fsp3) is 0.364. The molecule has 0 amide bonds. The monoisotopic (exact) mass is 259 g/mol. The fourth-order valence-corrected chi connectivity index (χ4v) is 1.35. The van der Waals surface area contributed by atoms with Crippen molar-refractivity contribution in [1.29, 1.82) is 0 Å². The Kier molecular flexibility index (Phi) is 3.31. The van der Waals surface area contributed by atoms with Gasteiger partial charge in [0.1, 0.15) is 0 Å². The summed E-state index contributed by atoms with van der Waals surface area (Å²) in [5.74, 6) is -0.241. The summed E-state index contributed by atoms with van der Waals surface area (Å²) in [5, 5.41) is 2.61. The summed E-state index contributed by atoms with van der Waals surface area (Å²) >= 11 is 0. The van der Waals surface area contributed by atoms with Crippen molar-refractivity contribution in [1.82, 2.24) is 0 Å². The van der Waals surface area contributed by atoms with Crippen molar-refractivity contribution in [3.8, 4) is 5.75 Å². The van der Waals surface area contributed by atoms with Crippen molar-refractivity contribution in [2.45, 2.75) is 25.2 Å². The number of aliphatic imine (C=N–C) groups is 1. The molecule has 0 aromatic heterocycles. The van der Waals surface area contributed by atoms with E-state index in [1.807, 2.05) is 0 Å². The molecule has 1 saturated carbocycles. The Labute approximate surface area is 102 Å². The van der Waals surface area contributed by atoms with Gasteiger partial charge in [-0.2, -0.15) is 0 Å². The third-order valence-electron chi connectivity index (χ3n) is 2.24. The number of guanidine groups is 1. The maximum Gasteiger partial charge on any atom is 0.573 e. The summed E-state index contributed by atoms with van der Waals surface area (Å²) in [7, 11) is 0. The summed E-state index contributed by atoms with van der Waals surface area (Å²) in [5.41, 5.74) is 5.72. The molecule has 18 heavy (non-hydrogen) atoms. The van der Waals surface area contributed by atoms with Gasteiger partial charge in [-0.3, -0.25) is 0 Å². The number of anilines is 1. The number of nitrogens with one attached hydrogen (secondary N) is 1. The van der Waals surface area contributed by atoms with Gasteiger partial charge < -0.3 is 15.8 Å². The molecule has 2 rings (SSSR count). The number of benzene rings is 1. The molecule has 1 fully saturated rings. The molecule has 1 aromatic carbocycles. The Bertz CT molecular complexity index is 455. The lowest BCUT2D eigenvalue weighted by atomic mass is 10.3. The number of alkyl halides is 3. The Morgan fingerprint density at radius 2 is 2.00 bits per heavy atom. The van der Waals surface area contributed by atoms with E-state index in [1.165, 1.54) is 18.2 Å². The highest BCUT2D eigenvalue weighted by atomic mass is 19.4. The van der Waals surface area contributed by atoms with Crippen molar-refractivity contribution in [3.05, 3.63) is 24.3 Å². The molecule has 0 radical (unpaired) electrons. The summed E-state index contributed by atoms with van der Waals surface area (Å²) < 4.78 is 40.4. The molecule has 1 aliphatic rings. The van der Waals surface area contributed by atoms with Crippen molar-refractivity contribution >= 4 is 11.6 Å². The van der Waals surface area contributed by atoms with Gasteiger partial charge in [-0.15, -0.1) is 13.2 Å². The lowest BCUT2D eigenvalue weighted by molar-refractivity contribution is -0.274. The number of nitrogens with zero attached hydrogens (tertiary/aromatic N) is 1. The van der Waals surface area contributed by atoms with E-state index in [2.05, 4.69) is 15.0 Å². The second kappa shape index (κ2) is 4.75. The number of hydrogen-bond acceptors (Lipinski definition) is 2. The average Bonchev–Trinajstić information content (AvgIpc) is 3.02. The van der Waals surface area contributed by atoms with E-state index in [-0.39, 0.29) is 23.4 Å². The van der Waals surface area contributed by atoms with Crippen LogP contribution in [-0.2, 0) is 0 Å². The Hall–Kier alpha value is -1.92. The number of nitrogens with two attached hydrogens (primary N) is 1.